The molecule has 0 bridgehead atoms. The molecule has 28 heavy (non-hydrogen) atoms. The Morgan fingerprint density at radius 1 is 1.07 bits per heavy atom. The molecule has 6 heteroatoms. The Balaban J connectivity index is 1.65. The topological polar surface area (TPSA) is 61.3 Å². The summed E-state index contributed by atoms with van der Waals surface area (Å²) in [5.74, 6) is 0.964. The number of esters is 1. The second-order valence-electron chi connectivity index (χ2n) is 6.97. The zero-order chi connectivity index (χ0) is 19.7. The summed E-state index contributed by atoms with van der Waals surface area (Å²) in [6.45, 7) is 3.89. The SMILES string of the molecule is Cc1cccc(C(=O)Oc2cc(Cl)nnc2Oc2c(C)cccc2C2CC2)c1. The van der Waals surface area contributed by atoms with Gasteiger partial charge in [0.15, 0.2) is 10.9 Å². The number of para-hydroxylation sites is 1. The van der Waals surface area contributed by atoms with Gasteiger partial charge in [-0.3, -0.25) is 0 Å². The number of nitrogens with zero attached hydrogens (tertiary/aromatic N) is 2. The van der Waals surface area contributed by atoms with Crippen molar-refractivity contribution in [2.24, 2.45) is 0 Å². The van der Waals surface area contributed by atoms with E-state index in [0.29, 0.717) is 11.5 Å². The first-order valence-corrected chi connectivity index (χ1v) is 9.48. The molecule has 0 unspecified atom stereocenters. The molecule has 1 saturated carbocycles. The van der Waals surface area contributed by atoms with Gasteiger partial charge in [-0.1, -0.05) is 47.5 Å². The highest BCUT2D eigenvalue weighted by atomic mass is 35.5. The van der Waals surface area contributed by atoms with Crippen LogP contribution in [0.1, 0.15) is 45.8 Å². The van der Waals surface area contributed by atoms with Crippen molar-refractivity contribution in [3.05, 3.63) is 75.9 Å². The molecule has 4 rings (SSSR count). The third-order valence-corrected chi connectivity index (χ3v) is 4.80. The fourth-order valence-electron chi connectivity index (χ4n) is 3.04. The standard InChI is InChI=1S/C22H19ClN2O3/c1-13-5-3-7-16(11-13)22(26)27-18-12-19(23)24-25-21(18)28-20-14(2)6-4-8-17(20)15-9-10-15/h3-8,11-12,15H,9-10H2,1-2H3. The Morgan fingerprint density at radius 3 is 2.61 bits per heavy atom. The summed E-state index contributed by atoms with van der Waals surface area (Å²) < 4.78 is 11.6. The number of carbonyl (C=O) groups excluding carboxylic acids is 1. The molecule has 0 N–H and O–H groups in total. The van der Waals surface area contributed by atoms with Crippen LogP contribution in [-0.4, -0.2) is 16.2 Å². The van der Waals surface area contributed by atoms with E-state index in [9.17, 15) is 4.79 Å². The molecule has 0 saturated heterocycles. The Bertz CT molecular complexity index is 1050. The maximum Gasteiger partial charge on any atom is 0.343 e. The predicted molar refractivity (Wildman–Crippen MR) is 106 cm³/mol. The van der Waals surface area contributed by atoms with E-state index in [1.165, 1.54) is 6.07 Å². The van der Waals surface area contributed by atoms with Gasteiger partial charge in [0.25, 0.3) is 5.88 Å². The summed E-state index contributed by atoms with van der Waals surface area (Å²) in [4.78, 5) is 12.6. The van der Waals surface area contributed by atoms with E-state index in [2.05, 4.69) is 16.3 Å². The van der Waals surface area contributed by atoms with E-state index < -0.39 is 5.97 Å². The second kappa shape index (κ2) is 7.60. The fraction of sp³-hybridized carbons (Fsp3) is 0.227. The molecular formula is C22H19ClN2O3. The number of aromatic nitrogens is 2. The van der Waals surface area contributed by atoms with Crippen LogP contribution >= 0.6 is 11.6 Å². The highest BCUT2D eigenvalue weighted by molar-refractivity contribution is 6.29. The van der Waals surface area contributed by atoms with Crippen molar-refractivity contribution in [2.75, 3.05) is 0 Å². The van der Waals surface area contributed by atoms with Crippen LogP contribution < -0.4 is 9.47 Å². The molecule has 2 aromatic carbocycles. The highest BCUT2D eigenvalue weighted by Gasteiger charge is 2.28. The lowest BCUT2D eigenvalue weighted by molar-refractivity contribution is 0.0729. The van der Waals surface area contributed by atoms with Crippen molar-refractivity contribution in [3.63, 3.8) is 0 Å². The van der Waals surface area contributed by atoms with Crippen molar-refractivity contribution < 1.29 is 14.3 Å². The van der Waals surface area contributed by atoms with E-state index >= 15 is 0 Å². The Hall–Kier alpha value is -2.92. The van der Waals surface area contributed by atoms with Crippen LogP contribution in [0.3, 0.4) is 0 Å². The highest BCUT2D eigenvalue weighted by Crippen LogP contribution is 2.46. The van der Waals surface area contributed by atoms with Gasteiger partial charge >= 0.3 is 5.97 Å². The number of aryl methyl sites for hydroxylation is 2. The van der Waals surface area contributed by atoms with Crippen molar-refractivity contribution in [2.45, 2.75) is 32.6 Å². The van der Waals surface area contributed by atoms with Gasteiger partial charge in [-0.2, -0.15) is 0 Å². The summed E-state index contributed by atoms with van der Waals surface area (Å²) in [5.41, 5.74) is 3.52. The normalized spacial score (nSPS) is 13.2. The van der Waals surface area contributed by atoms with Gasteiger partial charge < -0.3 is 9.47 Å². The first-order valence-electron chi connectivity index (χ1n) is 9.10. The minimum absolute atomic E-state index is 0.113. The third kappa shape index (κ3) is 3.99. The molecule has 0 spiro atoms. The van der Waals surface area contributed by atoms with Crippen molar-refractivity contribution in [3.8, 4) is 17.4 Å². The first-order chi connectivity index (χ1) is 13.5. The van der Waals surface area contributed by atoms with Gasteiger partial charge in [0.2, 0.25) is 0 Å². The zero-order valence-electron chi connectivity index (χ0n) is 15.6. The molecule has 5 nitrogen and oxygen atoms in total. The summed E-state index contributed by atoms with van der Waals surface area (Å²) in [5, 5.41) is 7.98. The molecule has 0 aliphatic heterocycles. The average molecular weight is 395 g/mol. The van der Waals surface area contributed by atoms with Gasteiger partial charge in [0.05, 0.1) is 5.56 Å². The molecule has 0 atom stereocenters. The van der Waals surface area contributed by atoms with E-state index in [1.54, 1.807) is 18.2 Å². The number of carbonyl (C=O) groups is 1. The number of benzene rings is 2. The largest absolute Gasteiger partial charge is 0.434 e. The van der Waals surface area contributed by atoms with Crippen LogP contribution in [-0.2, 0) is 0 Å². The molecular weight excluding hydrogens is 376 g/mol. The van der Waals surface area contributed by atoms with E-state index in [4.69, 9.17) is 21.1 Å². The number of halogens is 1. The van der Waals surface area contributed by atoms with Gasteiger partial charge in [0, 0.05) is 6.07 Å². The Morgan fingerprint density at radius 2 is 1.86 bits per heavy atom. The molecule has 1 fully saturated rings. The van der Waals surface area contributed by atoms with Crippen molar-refractivity contribution in [1.82, 2.24) is 10.2 Å². The first kappa shape index (κ1) is 18.4. The molecule has 1 aliphatic carbocycles. The minimum Gasteiger partial charge on any atom is -0.434 e. The molecule has 1 aromatic heterocycles. The zero-order valence-corrected chi connectivity index (χ0v) is 16.4. The van der Waals surface area contributed by atoms with Crippen LogP contribution in [0.15, 0.2) is 48.5 Å². The summed E-state index contributed by atoms with van der Waals surface area (Å²) in [6.07, 6.45) is 2.28. The quantitative estimate of drug-likeness (QED) is 0.524. The molecule has 0 radical (unpaired) electrons. The average Bonchev–Trinajstić information content (AvgIpc) is 3.50. The Labute approximate surface area is 168 Å². The number of hydrogen-bond donors (Lipinski definition) is 0. The number of ether oxygens (including phenoxy) is 2. The fourth-order valence-corrected chi connectivity index (χ4v) is 3.18. The van der Waals surface area contributed by atoms with Crippen molar-refractivity contribution >= 4 is 17.6 Å². The summed E-state index contributed by atoms with van der Waals surface area (Å²) in [7, 11) is 0. The minimum atomic E-state index is -0.509. The predicted octanol–water partition coefficient (Wildman–Crippen LogP) is 5.64. The van der Waals surface area contributed by atoms with Crippen LogP contribution in [0, 0.1) is 13.8 Å². The van der Waals surface area contributed by atoms with Gasteiger partial charge in [-0.25, -0.2) is 4.79 Å². The van der Waals surface area contributed by atoms with E-state index in [1.807, 2.05) is 32.0 Å². The smallest absolute Gasteiger partial charge is 0.343 e. The maximum absolute atomic E-state index is 12.6. The van der Waals surface area contributed by atoms with Crippen LogP contribution in [0.25, 0.3) is 0 Å². The van der Waals surface area contributed by atoms with Crippen LogP contribution in [0.4, 0.5) is 0 Å². The van der Waals surface area contributed by atoms with Gasteiger partial charge in [-0.15, -0.1) is 10.2 Å². The number of hydrogen-bond acceptors (Lipinski definition) is 5. The number of rotatable bonds is 5. The monoisotopic (exact) mass is 394 g/mol. The molecule has 0 amide bonds. The third-order valence-electron chi connectivity index (χ3n) is 4.61. The van der Waals surface area contributed by atoms with E-state index in [-0.39, 0.29) is 16.8 Å². The summed E-state index contributed by atoms with van der Waals surface area (Å²) in [6, 6.07) is 14.6. The molecule has 142 valence electrons. The Kier molecular flexibility index (Phi) is 5.01. The van der Waals surface area contributed by atoms with Crippen LogP contribution in [0.5, 0.6) is 17.4 Å². The van der Waals surface area contributed by atoms with Gasteiger partial charge in [0.1, 0.15) is 5.75 Å². The lowest BCUT2D eigenvalue weighted by Crippen LogP contribution is -2.10. The van der Waals surface area contributed by atoms with Crippen LogP contribution in [0.2, 0.25) is 5.15 Å². The maximum atomic E-state index is 12.6. The lowest BCUT2D eigenvalue weighted by Gasteiger charge is -2.15. The molecule has 1 aliphatic rings. The lowest BCUT2D eigenvalue weighted by atomic mass is 10.1. The van der Waals surface area contributed by atoms with E-state index in [0.717, 1.165) is 35.3 Å². The van der Waals surface area contributed by atoms with Crippen molar-refractivity contribution in [1.29, 1.82) is 0 Å². The molecule has 3 aromatic rings. The second-order valence-corrected chi connectivity index (χ2v) is 7.35. The molecule has 1 heterocycles. The van der Waals surface area contributed by atoms with Gasteiger partial charge in [-0.05, 0) is 55.9 Å². The summed E-state index contributed by atoms with van der Waals surface area (Å²) >= 11 is 5.98.